The summed E-state index contributed by atoms with van der Waals surface area (Å²) < 4.78 is 15.6. The summed E-state index contributed by atoms with van der Waals surface area (Å²) in [6, 6.07) is -0.194. The lowest BCUT2D eigenvalue weighted by Gasteiger charge is -2.53. The fraction of sp³-hybridized carbons (Fsp3) is 0.548. The zero-order valence-electron chi connectivity index (χ0n) is 24.2. The Morgan fingerprint density at radius 3 is 2.38 bits per heavy atom. The van der Waals surface area contributed by atoms with Crippen LogP contribution in [0.1, 0.15) is 69.9 Å². The Morgan fingerprint density at radius 2 is 1.79 bits per heavy atom. The van der Waals surface area contributed by atoms with E-state index in [9.17, 15) is 39.6 Å². The molecule has 42 heavy (non-hydrogen) atoms. The first kappa shape index (κ1) is 29.9. The number of phenols is 1. The number of aromatic hydroxyl groups is 1. The van der Waals surface area contributed by atoms with Crippen LogP contribution in [-0.2, 0) is 25.6 Å². The summed E-state index contributed by atoms with van der Waals surface area (Å²) in [5.74, 6) is -7.28. The van der Waals surface area contributed by atoms with Gasteiger partial charge in [-0.3, -0.25) is 24.1 Å². The smallest absolute Gasteiger partial charge is 0.224 e. The number of halogens is 1. The molecule has 0 unspecified atom stereocenters. The van der Waals surface area contributed by atoms with Crippen molar-refractivity contribution in [1.82, 2.24) is 4.90 Å². The number of rotatable bonds is 6. The van der Waals surface area contributed by atoms with E-state index in [4.69, 9.17) is 0 Å². The molecule has 10 nitrogen and oxygen atoms in total. The van der Waals surface area contributed by atoms with E-state index in [1.807, 2.05) is 0 Å². The van der Waals surface area contributed by atoms with Gasteiger partial charge in [0.15, 0.2) is 22.9 Å². The van der Waals surface area contributed by atoms with Crippen LogP contribution >= 0.6 is 0 Å². The summed E-state index contributed by atoms with van der Waals surface area (Å²) in [5, 5.41) is 48.0. The molecule has 0 heterocycles. The van der Waals surface area contributed by atoms with Crippen molar-refractivity contribution >= 4 is 34.7 Å². The Kier molecular flexibility index (Phi) is 7.34. The molecule has 2 fully saturated rings. The average Bonchev–Trinajstić information content (AvgIpc) is 3.41. The molecule has 0 aliphatic heterocycles. The highest BCUT2D eigenvalue weighted by Gasteiger charge is 2.66. The number of aliphatic hydroxyl groups is 3. The molecule has 0 radical (unpaired) electrons. The SMILES string of the molecule is CC(=O)C1=C(O)[C@@]2(O)C(=O)C3=C(O)c4c(O)c(NC(=O)CCC5CCCC5)cc(F)c4C[C@@]3(C)C[C@H]2[C@H](N(C)C)C1=O. The van der Waals surface area contributed by atoms with E-state index in [0.717, 1.165) is 38.7 Å². The second-order valence-electron chi connectivity index (χ2n) is 12.8. The first-order valence-electron chi connectivity index (χ1n) is 14.3. The zero-order chi connectivity index (χ0) is 30.9. The molecule has 0 saturated heterocycles. The van der Waals surface area contributed by atoms with Crippen molar-refractivity contribution in [1.29, 1.82) is 0 Å². The quantitative estimate of drug-likeness (QED) is 0.249. The summed E-state index contributed by atoms with van der Waals surface area (Å²) in [5.41, 5.74) is -5.86. The molecule has 1 aromatic rings. The van der Waals surface area contributed by atoms with E-state index in [1.54, 1.807) is 6.92 Å². The van der Waals surface area contributed by atoms with Gasteiger partial charge in [-0.2, -0.15) is 0 Å². The van der Waals surface area contributed by atoms with Crippen LogP contribution in [0.25, 0.3) is 5.76 Å². The fourth-order valence-electron chi connectivity index (χ4n) is 7.68. The number of aliphatic hydroxyl groups excluding tert-OH is 2. The van der Waals surface area contributed by atoms with E-state index in [-0.39, 0.29) is 36.1 Å². The summed E-state index contributed by atoms with van der Waals surface area (Å²) >= 11 is 0. The molecule has 4 aliphatic rings. The number of hydrogen-bond acceptors (Lipinski definition) is 9. The molecule has 5 rings (SSSR count). The minimum absolute atomic E-state index is 0.0915. The van der Waals surface area contributed by atoms with E-state index in [0.29, 0.717) is 12.3 Å². The molecule has 11 heteroatoms. The summed E-state index contributed by atoms with van der Waals surface area (Å²) in [6.07, 6.45) is 4.87. The number of hydrogen-bond donors (Lipinski definition) is 5. The molecule has 4 atom stereocenters. The third-order valence-electron chi connectivity index (χ3n) is 9.71. The molecule has 5 N–H and O–H groups in total. The zero-order valence-corrected chi connectivity index (χ0v) is 24.2. The van der Waals surface area contributed by atoms with Gasteiger partial charge in [-0.25, -0.2) is 4.39 Å². The van der Waals surface area contributed by atoms with Crippen LogP contribution < -0.4 is 5.32 Å². The molecule has 0 aromatic heterocycles. The Balaban J connectivity index is 1.59. The molecule has 4 aliphatic carbocycles. The Labute approximate surface area is 242 Å². The van der Waals surface area contributed by atoms with Gasteiger partial charge in [-0.15, -0.1) is 0 Å². The van der Waals surface area contributed by atoms with Crippen LogP contribution in [0.4, 0.5) is 10.1 Å². The molecular formula is C31H37FN2O8. The van der Waals surface area contributed by atoms with Gasteiger partial charge in [-0.1, -0.05) is 32.6 Å². The molecule has 2 saturated carbocycles. The number of ketones is 3. The average molecular weight is 585 g/mol. The first-order chi connectivity index (χ1) is 19.6. The predicted molar refractivity (Wildman–Crippen MR) is 150 cm³/mol. The number of carbonyl (C=O) groups is 4. The summed E-state index contributed by atoms with van der Waals surface area (Å²) in [7, 11) is 3.08. The number of likely N-dealkylation sites (N-methyl/N-ethyl adjacent to an activating group) is 1. The number of phenolic OH excluding ortho intramolecular Hbond substituents is 1. The maximum atomic E-state index is 15.6. The van der Waals surface area contributed by atoms with E-state index in [1.165, 1.54) is 19.0 Å². The second-order valence-corrected chi connectivity index (χ2v) is 12.8. The maximum Gasteiger partial charge on any atom is 0.224 e. The van der Waals surface area contributed by atoms with Crippen LogP contribution in [0.15, 0.2) is 23.0 Å². The first-order valence-corrected chi connectivity index (χ1v) is 14.3. The van der Waals surface area contributed by atoms with Crippen molar-refractivity contribution in [2.75, 3.05) is 19.4 Å². The van der Waals surface area contributed by atoms with Crippen LogP contribution in [0.3, 0.4) is 0 Å². The van der Waals surface area contributed by atoms with Crippen LogP contribution in [0, 0.1) is 23.1 Å². The van der Waals surface area contributed by atoms with Crippen molar-refractivity contribution in [2.24, 2.45) is 17.3 Å². The van der Waals surface area contributed by atoms with Gasteiger partial charge < -0.3 is 25.7 Å². The summed E-state index contributed by atoms with van der Waals surface area (Å²) in [6.45, 7) is 2.61. The lowest BCUT2D eigenvalue weighted by Crippen LogP contribution is -2.67. The molecule has 1 amide bonds. The van der Waals surface area contributed by atoms with Crippen molar-refractivity contribution in [3.63, 3.8) is 0 Å². The van der Waals surface area contributed by atoms with Gasteiger partial charge in [0, 0.05) is 35.0 Å². The molecule has 0 bridgehead atoms. The number of nitrogens with zero attached hydrogens (tertiary/aromatic N) is 1. The molecular weight excluding hydrogens is 547 g/mol. The van der Waals surface area contributed by atoms with Crippen LogP contribution in [-0.4, -0.2) is 74.3 Å². The van der Waals surface area contributed by atoms with Crippen molar-refractivity contribution in [3.05, 3.63) is 39.9 Å². The van der Waals surface area contributed by atoms with Crippen LogP contribution in [0.5, 0.6) is 5.75 Å². The van der Waals surface area contributed by atoms with Gasteiger partial charge in [0.05, 0.1) is 17.3 Å². The number of fused-ring (bicyclic) bond motifs is 3. The maximum absolute atomic E-state index is 15.6. The molecule has 226 valence electrons. The Bertz CT molecular complexity index is 1470. The lowest BCUT2D eigenvalue weighted by molar-refractivity contribution is -0.156. The highest BCUT2D eigenvalue weighted by molar-refractivity contribution is 6.25. The number of benzene rings is 1. The van der Waals surface area contributed by atoms with Gasteiger partial charge in [0.2, 0.25) is 11.7 Å². The van der Waals surface area contributed by atoms with Gasteiger partial charge >= 0.3 is 0 Å². The predicted octanol–water partition coefficient (Wildman–Crippen LogP) is 3.51. The van der Waals surface area contributed by atoms with Gasteiger partial charge in [0.25, 0.3) is 0 Å². The standard InChI is InChI=1S/C31H37FN2O8/c1-14(35)21-27(39)24(34(3)4)17-13-30(2)12-16-18(32)11-19(33-20(36)10-9-15-7-5-6-8-15)25(37)22(16)26(38)23(30)29(41)31(17,42)28(21)40/h11,15,17,24,37-38,40,42H,5-10,12-13H2,1-4H3,(H,33,36)/t17-,24-,30-,31+/m0/s1. The fourth-order valence-corrected chi connectivity index (χ4v) is 7.68. The minimum Gasteiger partial charge on any atom is -0.508 e. The Hall–Kier alpha value is -3.57. The number of nitrogens with one attached hydrogen (secondary N) is 1. The number of Topliss-reactive ketones (excluding diaryl/α,β-unsaturated/α-hetero) is 3. The summed E-state index contributed by atoms with van der Waals surface area (Å²) in [4.78, 5) is 53.9. The highest BCUT2D eigenvalue weighted by Crippen LogP contribution is 2.58. The van der Waals surface area contributed by atoms with Crippen LogP contribution in [0.2, 0.25) is 0 Å². The molecule has 1 aromatic carbocycles. The monoisotopic (exact) mass is 584 g/mol. The topological polar surface area (TPSA) is 164 Å². The number of amides is 1. The van der Waals surface area contributed by atoms with E-state index < -0.39 is 80.5 Å². The van der Waals surface area contributed by atoms with Crippen molar-refractivity contribution in [2.45, 2.75) is 76.9 Å². The lowest BCUT2D eigenvalue weighted by atomic mass is 9.52. The molecule has 0 spiro atoms. The van der Waals surface area contributed by atoms with Crippen molar-refractivity contribution < 1.29 is 44.0 Å². The highest BCUT2D eigenvalue weighted by atomic mass is 19.1. The minimum atomic E-state index is -2.73. The normalized spacial score (nSPS) is 29.5. The van der Waals surface area contributed by atoms with Gasteiger partial charge in [-0.05, 0) is 46.2 Å². The largest absolute Gasteiger partial charge is 0.508 e. The number of anilines is 1. The van der Waals surface area contributed by atoms with E-state index >= 15 is 4.39 Å². The number of carbonyl (C=O) groups excluding carboxylic acids is 4. The Morgan fingerprint density at radius 1 is 1.14 bits per heavy atom. The third kappa shape index (κ3) is 4.36. The van der Waals surface area contributed by atoms with Gasteiger partial charge in [0.1, 0.15) is 22.9 Å². The van der Waals surface area contributed by atoms with Crippen molar-refractivity contribution in [3.8, 4) is 5.75 Å². The second kappa shape index (κ2) is 10.3. The third-order valence-corrected chi connectivity index (χ3v) is 9.71. The van der Waals surface area contributed by atoms with E-state index in [2.05, 4.69) is 5.32 Å².